The van der Waals surface area contributed by atoms with E-state index >= 15 is 0 Å². The van der Waals surface area contributed by atoms with Crippen LogP contribution in [-0.2, 0) is 4.79 Å². The van der Waals surface area contributed by atoms with Crippen LogP contribution in [0.2, 0.25) is 0 Å². The highest BCUT2D eigenvalue weighted by molar-refractivity contribution is 5.92. The van der Waals surface area contributed by atoms with Gasteiger partial charge in [-0.2, -0.15) is 0 Å². The normalized spacial score (nSPS) is 45.1. The first-order valence-electron chi connectivity index (χ1n) is 7.00. The monoisotopic (exact) mass is 249 g/mol. The molecule has 4 saturated carbocycles. The molecule has 0 aromatic heterocycles. The van der Waals surface area contributed by atoms with Gasteiger partial charge in [0, 0.05) is 18.2 Å². The minimum absolute atomic E-state index is 0.0422. The lowest BCUT2D eigenvalue weighted by Gasteiger charge is -2.62. The first kappa shape index (κ1) is 12.2. The third-order valence-corrected chi connectivity index (χ3v) is 5.38. The standard InChI is InChI=1S/C15H23NO2/c1-10(2)13(17)16(3)14-5-11-4-12(6-14)8-15(18,7-11)9-14/h11-12,18H,1,4-9H2,2-3H3. The Morgan fingerprint density at radius 2 is 1.83 bits per heavy atom. The number of rotatable bonds is 2. The molecule has 1 amide bonds. The summed E-state index contributed by atoms with van der Waals surface area (Å²) in [6.07, 6.45) is 6.05. The Hall–Kier alpha value is -0.830. The van der Waals surface area contributed by atoms with Crippen LogP contribution in [0.3, 0.4) is 0 Å². The van der Waals surface area contributed by atoms with Gasteiger partial charge in [-0.15, -0.1) is 0 Å². The topological polar surface area (TPSA) is 40.5 Å². The van der Waals surface area contributed by atoms with Crippen LogP contribution in [0.5, 0.6) is 0 Å². The van der Waals surface area contributed by atoms with Crippen molar-refractivity contribution in [1.82, 2.24) is 4.90 Å². The Morgan fingerprint density at radius 1 is 1.28 bits per heavy atom. The molecule has 4 bridgehead atoms. The maximum atomic E-state index is 12.2. The molecule has 0 aliphatic heterocycles. The van der Waals surface area contributed by atoms with Crippen LogP contribution in [-0.4, -0.2) is 34.1 Å². The molecule has 2 atom stereocenters. The highest BCUT2D eigenvalue weighted by atomic mass is 16.3. The molecule has 0 heterocycles. The Morgan fingerprint density at radius 3 is 2.28 bits per heavy atom. The zero-order valence-corrected chi connectivity index (χ0v) is 11.4. The van der Waals surface area contributed by atoms with Gasteiger partial charge in [0.05, 0.1) is 5.60 Å². The summed E-state index contributed by atoms with van der Waals surface area (Å²) >= 11 is 0. The molecular formula is C15H23NO2. The van der Waals surface area contributed by atoms with Crippen LogP contribution in [0.25, 0.3) is 0 Å². The van der Waals surface area contributed by atoms with E-state index in [-0.39, 0.29) is 11.4 Å². The van der Waals surface area contributed by atoms with Gasteiger partial charge in [0.2, 0.25) is 5.91 Å². The molecular weight excluding hydrogens is 226 g/mol. The fourth-order valence-corrected chi connectivity index (χ4v) is 5.06. The largest absolute Gasteiger partial charge is 0.390 e. The summed E-state index contributed by atoms with van der Waals surface area (Å²) in [6, 6.07) is 0. The number of likely N-dealkylation sites (N-methyl/N-ethyl adjacent to an activating group) is 1. The van der Waals surface area contributed by atoms with Gasteiger partial charge in [0.15, 0.2) is 0 Å². The van der Waals surface area contributed by atoms with Gasteiger partial charge >= 0.3 is 0 Å². The fraction of sp³-hybridized carbons (Fsp3) is 0.800. The summed E-state index contributed by atoms with van der Waals surface area (Å²) < 4.78 is 0. The van der Waals surface area contributed by atoms with Crippen molar-refractivity contribution in [1.29, 1.82) is 0 Å². The van der Waals surface area contributed by atoms with E-state index in [4.69, 9.17) is 0 Å². The van der Waals surface area contributed by atoms with E-state index < -0.39 is 5.60 Å². The van der Waals surface area contributed by atoms with Crippen LogP contribution < -0.4 is 0 Å². The van der Waals surface area contributed by atoms with E-state index in [0.29, 0.717) is 17.4 Å². The van der Waals surface area contributed by atoms with Crippen LogP contribution in [0, 0.1) is 11.8 Å². The van der Waals surface area contributed by atoms with E-state index in [9.17, 15) is 9.90 Å². The Balaban J connectivity index is 1.91. The molecule has 2 unspecified atom stereocenters. The van der Waals surface area contributed by atoms with Gasteiger partial charge in [0.25, 0.3) is 0 Å². The van der Waals surface area contributed by atoms with Gasteiger partial charge in [-0.1, -0.05) is 6.58 Å². The third kappa shape index (κ3) is 1.63. The average molecular weight is 249 g/mol. The van der Waals surface area contributed by atoms with Crippen molar-refractivity contribution in [3.05, 3.63) is 12.2 Å². The number of amides is 1. The lowest BCUT2D eigenvalue weighted by molar-refractivity contribution is -0.177. The highest BCUT2D eigenvalue weighted by Gasteiger charge is 2.59. The van der Waals surface area contributed by atoms with Crippen molar-refractivity contribution >= 4 is 5.91 Å². The molecule has 0 aromatic rings. The molecule has 0 aromatic carbocycles. The second-order valence-electron chi connectivity index (χ2n) is 7.05. The van der Waals surface area contributed by atoms with Gasteiger partial charge in [-0.25, -0.2) is 0 Å². The minimum atomic E-state index is -0.506. The third-order valence-electron chi connectivity index (χ3n) is 5.38. The Labute approximate surface area is 109 Å². The van der Waals surface area contributed by atoms with E-state index in [1.54, 1.807) is 6.92 Å². The smallest absolute Gasteiger partial charge is 0.249 e. The SMILES string of the molecule is C=C(C)C(=O)N(C)C12CC3CC(CC(O)(C3)C1)C2. The summed E-state index contributed by atoms with van der Waals surface area (Å²) in [4.78, 5) is 14.1. The maximum Gasteiger partial charge on any atom is 0.249 e. The molecule has 0 radical (unpaired) electrons. The Bertz CT molecular complexity index is 401. The number of nitrogens with zero attached hydrogens (tertiary/aromatic N) is 1. The number of hydrogen-bond donors (Lipinski definition) is 1. The second kappa shape index (κ2) is 3.60. The molecule has 4 aliphatic carbocycles. The van der Waals surface area contributed by atoms with Crippen molar-refractivity contribution in [2.45, 2.75) is 56.6 Å². The van der Waals surface area contributed by atoms with Gasteiger partial charge in [-0.3, -0.25) is 4.79 Å². The summed E-state index contributed by atoms with van der Waals surface area (Å²) in [7, 11) is 1.90. The second-order valence-corrected chi connectivity index (χ2v) is 7.05. The molecule has 0 saturated heterocycles. The Kier molecular flexibility index (Phi) is 2.44. The lowest BCUT2D eigenvalue weighted by Crippen LogP contribution is -2.65. The number of aliphatic hydroxyl groups is 1. The van der Waals surface area contributed by atoms with E-state index in [1.807, 2.05) is 11.9 Å². The van der Waals surface area contributed by atoms with Crippen LogP contribution in [0.1, 0.15) is 45.4 Å². The maximum absolute atomic E-state index is 12.2. The average Bonchev–Trinajstić information content (AvgIpc) is 2.23. The molecule has 4 rings (SSSR count). The van der Waals surface area contributed by atoms with Crippen LogP contribution in [0.4, 0.5) is 0 Å². The van der Waals surface area contributed by atoms with Crippen molar-refractivity contribution in [3.8, 4) is 0 Å². The molecule has 3 heteroatoms. The van der Waals surface area contributed by atoms with Crippen molar-refractivity contribution in [2.24, 2.45) is 11.8 Å². The van der Waals surface area contributed by atoms with E-state index in [2.05, 4.69) is 6.58 Å². The van der Waals surface area contributed by atoms with Crippen molar-refractivity contribution in [3.63, 3.8) is 0 Å². The van der Waals surface area contributed by atoms with Gasteiger partial charge < -0.3 is 10.0 Å². The number of carbonyl (C=O) groups excluding carboxylic acids is 1. The quantitative estimate of drug-likeness (QED) is 0.761. The zero-order chi connectivity index (χ0) is 13.1. The lowest BCUT2D eigenvalue weighted by atomic mass is 9.50. The van der Waals surface area contributed by atoms with Crippen LogP contribution in [0.15, 0.2) is 12.2 Å². The first-order valence-corrected chi connectivity index (χ1v) is 7.00. The predicted molar refractivity (Wildman–Crippen MR) is 69.9 cm³/mol. The molecule has 0 spiro atoms. The molecule has 100 valence electrons. The predicted octanol–water partition coefficient (Wildman–Crippen LogP) is 2.10. The minimum Gasteiger partial charge on any atom is -0.390 e. The zero-order valence-electron chi connectivity index (χ0n) is 11.4. The van der Waals surface area contributed by atoms with Crippen LogP contribution >= 0.6 is 0 Å². The van der Waals surface area contributed by atoms with Crippen molar-refractivity contribution < 1.29 is 9.90 Å². The summed E-state index contributed by atoms with van der Waals surface area (Å²) in [5, 5.41) is 10.7. The molecule has 18 heavy (non-hydrogen) atoms. The first-order chi connectivity index (χ1) is 8.34. The van der Waals surface area contributed by atoms with Gasteiger partial charge in [0.1, 0.15) is 0 Å². The summed E-state index contributed by atoms with van der Waals surface area (Å²) in [5.74, 6) is 1.26. The summed E-state index contributed by atoms with van der Waals surface area (Å²) in [6.45, 7) is 5.54. The fourth-order valence-electron chi connectivity index (χ4n) is 5.06. The molecule has 4 aliphatic rings. The highest BCUT2D eigenvalue weighted by Crippen LogP contribution is 2.59. The summed E-state index contributed by atoms with van der Waals surface area (Å²) in [5.41, 5.74) is -0.0111. The molecule has 3 nitrogen and oxygen atoms in total. The van der Waals surface area contributed by atoms with Crippen molar-refractivity contribution in [2.75, 3.05) is 7.05 Å². The van der Waals surface area contributed by atoms with Gasteiger partial charge in [-0.05, 0) is 57.3 Å². The molecule has 1 N–H and O–H groups in total. The van der Waals surface area contributed by atoms with E-state index in [1.165, 1.54) is 6.42 Å². The van der Waals surface area contributed by atoms with E-state index in [0.717, 1.165) is 32.1 Å². The molecule has 4 fully saturated rings. The number of carbonyl (C=O) groups is 1. The number of hydrogen-bond acceptors (Lipinski definition) is 2.